The summed E-state index contributed by atoms with van der Waals surface area (Å²) in [6.07, 6.45) is 1.90. The predicted molar refractivity (Wildman–Crippen MR) is 133 cm³/mol. The summed E-state index contributed by atoms with van der Waals surface area (Å²) < 4.78 is 6.51. The Morgan fingerprint density at radius 3 is 2.44 bits per heavy atom. The first-order valence-corrected chi connectivity index (χ1v) is 11.4. The number of anilines is 2. The highest BCUT2D eigenvalue weighted by molar-refractivity contribution is 9.10. The zero-order chi connectivity index (χ0) is 22.1. The highest BCUT2D eigenvalue weighted by Crippen LogP contribution is 2.33. The normalized spacial score (nSPS) is 14.0. The Bertz CT molecular complexity index is 1250. The van der Waals surface area contributed by atoms with Crippen molar-refractivity contribution in [3.05, 3.63) is 65.3 Å². The molecule has 0 atom stereocenters. The fourth-order valence-electron chi connectivity index (χ4n) is 3.89. The van der Waals surface area contributed by atoms with Gasteiger partial charge in [0.1, 0.15) is 0 Å². The number of aromatic nitrogens is 3. The van der Waals surface area contributed by atoms with Gasteiger partial charge in [-0.2, -0.15) is 4.98 Å². The number of rotatable bonds is 4. The first-order chi connectivity index (χ1) is 15.6. The van der Waals surface area contributed by atoms with E-state index in [1.165, 1.54) is 0 Å². The van der Waals surface area contributed by atoms with Crippen molar-refractivity contribution in [1.29, 1.82) is 0 Å². The lowest BCUT2D eigenvalue weighted by molar-refractivity contribution is 0.122. The minimum Gasteiger partial charge on any atom is -0.378 e. The number of fused-ring (bicyclic) bond motifs is 1. The second-order valence-corrected chi connectivity index (χ2v) is 8.93. The molecule has 2 aromatic heterocycles. The number of halogens is 1. The third-order valence-electron chi connectivity index (χ3n) is 5.66. The highest BCUT2D eigenvalue weighted by Gasteiger charge is 2.17. The third-order valence-corrected chi connectivity index (χ3v) is 6.16. The van der Waals surface area contributed by atoms with Crippen molar-refractivity contribution in [2.75, 3.05) is 50.2 Å². The fourth-order valence-corrected chi connectivity index (χ4v) is 4.29. The molecule has 7 heteroatoms. The zero-order valence-corrected chi connectivity index (χ0v) is 19.7. The molecule has 6 nitrogen and oxygen atoms in total. The van der Waals surface area contributed by atoms with E-state index >= 15 is 0 Å². The summed E-state index contributed by atoms with van der Waals surface area (Å²) in [5.74, 6) is 0.702. The smallest absolute Gasteiger partial charge is 0.227 e. The molecular weight excluding hydrogens is 466 g/mol. The minimum atomic E-state index is 0.691. The van der Waals surface area contributed by atoms with Crippen molar-refractivity contribution in [3.8, 4) is 22.4 Å². The first kappa shape index (κ1) is 20.8. The lowest BCUT2D eigenvalue weighted by Gasteiger charge is -2.26. The van der Waals surface area contributed by atoms with Gasteiger partial charge in [0, 0.05) is 54.5 Å². The Balaban J connectivity index is 1.67. The van der Waals surface area contributed by atoms with E-state index in [-0.39, 0.29) is 0 Å². The molecule has 3 heterocycles. The number of benzene rings is 2. The number of pyridine rings is 1. The van der Waals surface area contributed by atoms with Gasteiger partial charge in [-0.1, -0.05) is 40.2 Å². The Morgan fingerprint density at radius 2 is 1.72 bits per heavy atom. The second kappa shape index (κ2) is 8.84. The molecule has 1 aliphatic rings. The van der Waals surface area contributed by atoms with E-state index in [0.717, 1.165) is 51.0 Å². The van der Waals surface area contributed by atoms with Crippen molar-refractivity contribution >= 4 is 38.6 Å². The molecular formula is C25H24BrN5O. The van der Waals surface area contributed by atoms with Gasteiger partial charge in [-0.25, -0.2) is 9.97 Å². The zero-order valence-electron chi connectivity index (χ0n) is 18.1. The molecule has 162 valence electrons. The lowest BCUT2D eigenvalue weighted by atomic mass is 10.0. The van der Waals surface area contributed by atoms with E-state index in [1.54, 1.807) is 0 Å². The Hall–Kier alpha value is -3.03. The number of morpholine rings is 1. The molecule has 0 N–H and O–H groups in total. The maximum atomic E-state index is 5.48. The summed E-state index contributed by atoms with van der Waals surface area (Å²) in [6, 6.07) is 18.9. The molecule has 32 heavy (non-hydrogen) atoms. The van der Waals surface area contributed by atoms with E-state index in [4.69, 9.17) is 14.7 Å². The van der Waals surface area contributed by atoms with Crippen LogP contribution in [-0.4, -0.2) is 55.4 Å². The Kier molecular flexibility index (Phi) is 5.76. The molecule has 0 spiro atoms. The molecule has 1 aliphatic heterocycles. The van der Waals surface area contributed by atoms with Crippen LogP contribution in [0.5, 0.6) is 0 Å². The van der Waals surface area contributed by atoms with Crippen LogP contribution < -0.4 is 9.80 Å². The molecule has 0 unspecified atom stereocenters. The molecule has 5 rings (SSSR count). The summed E-state index contributed by atoms with van der Waals surface area (Å²) in [5, 5.41) is 0.939. The van der Waals surface area contributed by atoms with Crippen LogP contribution in [0.3, 0.4) is 0 Å². The van der Waals surface area contributed by atoms with Crippen LogP contribution >= 0.6 is 15.9 Å². The number of hydrogen-bond donors (Lipinski definition) is 0. The van der Waals surface area contributed by atoms with Crippen molar-refractivity contribution in [1.82, 2.24) is 15.0 Å². The summed E-state index contributed by atoms with van der Waals surface area (Å²) in [5.41, 5.74) is 5.96. The van der Waals surface area contributed by atoms with Crippen LogP contribution in [0.2, 0.25) is 0 Å². The van der Waals surface area contributed by atoms with Crippen LogP contribution in [-0.2, 0) is 4.74 Å². The van der Waals surface area contributed by atoms with Gasteiger partial charge in [0.05, 0.1) is 18.9 Å². The molecule has 0 amide bonds. The molecule has 2 aromatic carbocycles. The van der Waals surface area contributed by atoms with Crippen molar-refractivity contribution in [2.24, 2.45) is 0 Å². The molecule has 4 aromatic rings. The van der Waals surface area contributed by atoms with E-state index in [9.17, 15) is 0 Å². The monoisotopic (exact) mass is 489 g/mol. The van der Waals surface area contributed by atoms with Gasteiger partial charge in [-0.15, -0.1) is 0 Å². The SMILES string of the molecule is CN(C)c1ccc(-c2cc(-c3cccc(Br)c3)c3cnc(N4CCOCC4)nc3n2)cc1. The van der Waals surface area contributed by atoms with Gasteiger partial charge >= 0.3 is 0 Å². The molecule has 0 bridgehead atoms. The topological polar surface area (TPSA) is 54.4 Å². The minimum absolute atomic E-state index is 0.691. The van der Waals surface area contributed by atoms with E-state index in [2.05, 4.69) is 73.2 Å². The molecule has 0 saturated carbocycles. The van der Waals surface area contributed by atoms with E-state index in [0.29, 0.717) is 24.8 Å². The summed E-state index contributed by atoms with van der Waals surface area (Å²) in [6.45, 7) is 2.96. The predicted octanol–water partition coefficient (Wildman–Crippen LogP) is 5.02. The second-order valence-electron chi connectivity index (χ2n) is 8.01. The van der Waals surface area contributed by atoms with Crippen LogP contribution in [0.4, 0.5) is 11.6 Å². The third kappa shape index (κ3) is 4.18. The quantitative estimate of drug-likeness (QED) is 0.400. The van der Waals surface area contributed by atoms with Gasteiger partial charge in [0.15, 0.2) is 5.65 Å². The van der Waals surface area contributed by atoms with Crippen LogP contribution in [0.15, 0.2) is 65.3 Å². The largest absolute Gasteiger partial charge is 0.378 e. The first-order valence-electron chi connectivity index (χ1n) is 10.6. The van der Waals surface area contributed by atoms with E-state index in [1.807, 2.05) is 32.4 Å². The number of nitrogens with zero attached hydrogens (tertiary/aromatic N) is 5. The standard InChI is InChI=1S/C25H24BrN5O/c1-30(2)20-8-6-17(7-9-20)23-15-21(18-4-3-5-19(26)14-18)22-16-27-25(29-24(22)28-23)31-10-12-32-13-11-31/h3-9,14-16H,10-13H2,1-2H3. The van der Waals surface area contributed by atoms with Crippen LogP contribution in [0.25, 0.3) is 33.4 Å². The average molecular weight is 490 g/mol. The van der Waals surface area contributed by atoms with Crippen LogP contribution in [0.1, 0.15) is 0 Å². The summed E-state index contributed by atoms with van der Waals surface area (Å²) in [4.78, 5) is 18.7. The lowest BCUT2D eigenvalue weighted by Crippen LogP contribution is -2.37. The molecule has 0 aliphatic carbocycles. The Morgan fingerprint density at radius 1 is 0.938 bits per heavy atom. The maximum Gasteiger partial charge on any atom is 0.227 e. The van der Waals surface area contributed by atoms with Gasteiger partial charge in [0.25, 0.3) is 0 Å². The summed E-state index contributed by atoms with van der Waals surface area (Å²) in [7, 11) is 4.08. The number of ether oxygens (including phenoxy) is 1. The summed E-state index contributed by atoms with van der Waals surface area (Å²) >= 11 is 3.60. The van der Waals surface area contributed by atoms with Gasteiger partial charge in [0.2, 0.25) is 5.95 Å². The van der Waals surface area contributed by atoms with Gasteiger partial charge in [-0.3, -0.25) is 0 Å². The fraction of sp³-hybridized carbons (Fsp3) is 0.240. The highest BCUT2D eigenvalue weighted by atomic mass is 79.9. The average Bonchev–Trinajstić information content (AvgIpc) is 2.83. The Labute approximate surface area is 196 Å². The van der Waals surface area contributed by atoms with E-state index < -0.39 is 0 Å². The molecule has 1 fully saturated rings. The molecule has 1 saturated heterocycles. The van der Waals surface area contributed by atoms with Gasteiger partial charge < -0.3 is 14.5 Å². The van der Waals surface area contributed by atoms with Crippen LogP contribution in [0, 0.1) is 0 Å². The van der Waals surface area contributed by atoms with Crippen molar-refractivity contribution in [3.63, 3.8) is 0 Å². The van der Waals surface area contributed by atoms with Crippen molar-refractivity contribution < 1.29 is 4.74 Å². The maximum absolute atomic E-state index is 5.48. The molecule has 0 radical (unpaired) electrons. The van der Waals surface area contributed by atoms with Crippen molar-refractivity contribution in [2.45, 2.75) is 0 Å². The van der Waals surface area contributed by atoms with Gasteiger partial charge in [-0.05, 0) is 41.5 Å². The number of hydrogen-bond acceptors (Lipinski definition) is 6.